The Morgan fingerprint density at radius 1 is 1.20 bits per heavy atom. The van der Waals surface area contributed by atoms with Gasteiger partial charge in [-0.05, 0) is 42.1 Å². The van der Waals surface area contributed by atoms with Crippen molar-refractivity contribution < 1.29 is 9.16 Å². The Labute approximate surface area is 154 Å². The Bertz CT molecular complexity index is 692. The molecule has 0 aromatic heterocycles. The molecule has 4 aliphatic rings. The molecule has 5 rings (SSSR count). The molecule has 138 valence electrons. The molecule has 0 heterocycles. The summed E-state index contributed by atoms with van der Waals surface area (Å²) in [6.07, 6.45) is 3.87. The summed E-state index contributed by atoms with van der Waals surface area (Å²) in [5.74, 6) is 1.09. The van der Waals surface area contributed by atoms with Crippen molar-refractivity contribution in [3.05, 3.63) is 35.4 Å². The number of methoxy groups -OCH3 is 1. The van der Waals surface area contributed by atoms with Crippen LogP contribution in [0.5, 0.6) is 0 Å². The summed E-state index contributed by atoms with van der Waals surface area (Å²) in [6.45, 7) is 14.2. The van der Waals surface area contributed by atoms with E-state index in [4.69, 9.17) is 9.16 Å². The molecule has 1 aromatic carbocycles. The summed E-state index contributed by atoms with van der Waals surface area (Å²) >= 11 is 0. The third-order valence-corrected chi connectivity index (χ3v) is 12.3. The van der Waals surface area contributed by atoms with E-state index in [2.05, 4.69) is 65.1 Å². The molecule has 0 spiro atoms. The molecule has 0 saturated heterocycles. The average Bonchev–Trinajstić information content (AvgIpc) is 3.06. The van der Waals surface area contributed by atoms with Crippen molar-refractivity contribution in [1.82, 2.24) is 0 Å². The highest BCUT2D eigenvalue weighted by molar-refractivity contribution is 6.74. The van der Waals surface area contributed by atoms with E-state index >= 15 is 0 Å². The van der Waals surface area contributed by atoms with E-state index in [0.717, 1.165) is 6.42 Å². The smallest absolute Gasteiger partial charge is 0.192 e. The predicted molar refractivity (Wildman–Crippen MR) is 106 cm³/mol. The van der Waals surface area contributed by atoms with Gasteiger partial charge in [0.15, 0.2) is 8.32 Å². The molecule has 5 atom stereocenters. The topological polar surface area (TPSA) is 18.5 Å². The maximum Gasteiger partial charge on any atom is 0.192 e. The second-order valence-corrected chi connectivity index (χ2v) is 14.9. The van der Waals surface area contributed by atoms with E-state index in [1.165, 1.54) is 12.8 Å². The van der Waals surface area contributed by atoms with Crippen LogP contribution in [0.15, 0.2) is 24.3 Å². The summed E-state index contributed by atoms with van der Waals surface area (Å²) in [4.78, 5) is 0. The van der Waals surface area contributed by atoms with E-state index in [0.29, 0.717) is 17.9 Å². The van der Waals surface area contributed by atoms with Crippen LogP contribution in [0.4, 0.5) is 0 Å². The minimum absolute atomic E-state index is 0.0349. The molecule has 25 heavy (non-hydrogen) atoms. The van der Waals surface area contributed by atoms with Crippen molar-refractivity contribution >= 4 is 8.32 Å². The Kier molecular flexibility index (Phi) is 3.70. The molecule has 0 amide bonds. The molecule has 0 aliphatic heterocycles. The molecule has 2 saturated carbocycles. The third kappa shape index (κ3) is 2.09. The molecule has 0 radical (unpaired) electrons. The fourth-order valence-electron chi connectivity index (χ4n) is 5.95. The predicted octanol–water partition coefficient (Wildman–Crippen LogP) is 5.63. The molecular weight excluding hydrogens is 324 g/mol. The first kappa shape index (κ1) is 17.8. The quantitative estimate of drug-likeness (QED) is 0.635. The van der Waals surface area contributed by atoms with Gasteiger partial charge in [0.2, 0.25) is 0 Å². The van der Waals surface area contributed by atoms with Gasteiger partial charge in [-0.1, -0.05) is 58.4 Å². The van der Waals surface area contributed by atoms with Crippen LogP contribution in [-0.2, 0) is 14.6 Å². The van der Waals surface area contributed by atoms with Crippen molar-refractivity contribution in [1.29, 1.82) is 0 Å². The van der Waals surface area contributed by atoms with E-state index in [1.54, 1.807) is 11.1 Å². The SMILES string of the molecule is CCC[C@]12C[C@]3(O[Si](C)(C)C(C)(C)C)C(c4ccccc41)[C@@H]3[C@@H]2OC. The lowest BCUT2D eigenvalue weighted by atomic mass is 9.63. The number of rotatable bonds is 5. The van der Waals surface area contributed by atoms with Gasteiger partial charge in [0.25, 0.3) is 0 Å². The summed E-state index contributed by atoms with van der Waals surface area (Å²) in [7, 11) is 0.104. The lowest BCUT2D eigenvalue weighted by Crippen LogP contribution is -2.48. The standard InChI is InChI=1S/C22H34O2Si/c1-8-13-21-14-22(24-25(6,7)20(2,3)4)17(18(22)19(21)23-5)15-11-9-10-12-16(15)21/h9-12,17-19H,8,13-14H2,1-7H3/t17?,18-,19+,21+,22+/m1/s1. The van der Waals surface area contributed by atoms with Crippen molar-refractivity contribution in [2.45, 2.75) is 88.1 Å². The van der Waals surface area contributed by atoms with Gasteiger partial charge in [-0.25, -0.2) is 0 Å². The maximum atomic E-state index is 7.18. The van der Waals surface area contributed by atoms with Gasteiger partial charge in [0, 0.05) is 24.4 Å². The van der Waals surface area contributed by atoms with Gasteiger partial charge in [-0.3, -0.25) is 0 Å². The van der Waals surface area contributed by atoms with Crippen LogP contribution in [0.25, 0.3) is 0 Å². The van der Waals surface area contributed by atoms with Gasteiger partial charge in [-0.15, -0.1) is 0 Å². The van der Waals surface area contributed by atoms with Crippen molar-refractivity contribution in [2.75, 3.05) is 7.11 Å². The molecular formula is C22H34O2Si. The maximum absolute atomic E-state index is 7.18. The normalized spacial score (nSPS) is 38.6. The molecule has 0 N–H and O–H groups in total. The Morgan fingerprint density at radius 3 is 2.48 bits per heavy atom. The molecule has 2 fully saturated rings. The van der Waals surface area contributed by atoms with Crippen LogP contribution in [0, 0.1) is 5.92 Å². The highest BCUT2D eigenvalue weighted by atomic mass is 28.4. The average molecular weight is 359 g/mol. The van der Waals surface area contributed by atoms with Crippen molar-refractivity contribution in [2.24, 2.45) is 5.92 Å². The largest absolute Gasteiger partial charge is 0.410 e. The second kappa shape index (κ2) is 5.21. The number of ether oxygens (including phenoxy) is 1. The van der Waals surface area contributed by atoms with E-state index in [1.807, 2.05) is 7.11 Å². The first-order valence-corrected chi connectivity index (χ1v) is 12.9. The minimum atomic E-state index is -1.81. The Morgan fingerprint density at radius 2 is 1.88 bits per heavy atom. The van der Waals surface area contributed by atoms with Gasteiger partial charge < -0.3 is 9.16 Å². The van der Waals surface area contributed by atoms with Crippen LogP contribution in [0.2, 0.25) is 18.1 Å². The second-order valence-electron chi connectivity index (χ2n) is 10.1. The fourth-order valence-corrected chi connectivity index (χ4v) is 7.54. The molecule has 1 aromatic rings. The van der Waals surface area contributed by atoms with E-state index < -0.39 is 8.32 Å². The number of benzene rings is 1. The van der Waals surface area contributed by atoms with Gasteiger partial charge >= 0.3 is 0 Å². The third-order valence-electron chi connectivity index (χ3n) is 7.84. The molecule has 4 aliphatic carbocycles. The lowest BCUT2D eigenvalue weighted by Gasteiger charge is -2.47. The number of hydrogen-bond donors (Lipinski definition) is 0. The zero-order valence-corrected chi connectivity index (χ0v) is 18.0. The van der Waals surface area contributed by atoms with Crippen LogP contribution in [0.3, 0.4) is 0 Å². The van der Waals surface area contributed by atoms with Crippen LogP contribution >= 0.6 is 0 Å². The first-order chi connectivity index (χ1) is 11.6. The van der Waals surface area contributed by atoms with E-state index in [9.17, 15) is 0 Å². The summed E-state index contributed by atoms with van der Waals surface area (Å²) in [5.41, 5.74) is 3.30. The van der Waals surface area contributed by atoms with Crippen molar-refractivity contribution in [3.63, 3.8) is 0 Å². The van der Waals surface area contributed by atoms with Gasteiger partial charge in [0.1, 0.15) is 0 Å². The summed E-state index contributed by atoms with van der Waals surface area (Å²) in [6, 6.07) is 9.14. The van der Waals surface area contributed by atoms with Crippen LogP contribution < -0.4 is 0 Å². The highest BCUT2D eigenvalue weighted by Crippen LogP contribution is 2.79. The molecule has 3 heteroatoms. The molecule has 1 unspecified atom stereocenters. The van der Waals surface area contributed by atoms with Crippen LogP contribution in [0.1, 0.15) is 64.0 Å². The highest BCUT2D eigenvalue weighted by Gasteiger charge is 2.83. The van der Waals surface area contributed by atoms with E-state index in [-0.39, 0.29) is 16.1 Å². The fraction of sp³-hybridized carbons (Fsp3) is 0.727. The van der Waals surface area contributed by atoms with Gasteiger partial charge in [-0.2, -0.15) is 0 Å². The Balaban J connectivity index is 1.81. The first-order valence-electron chi connectivity index (χ1n) is 9.97. The monoisotopic (exact) mass is 358 g/mol. The molecule has 4 bridgehead atoms. The number of hydrogen-bond acceptors (Lipinski definition) is 2. The zero-order chi connectivity index (χ0) is 18.3. The molecule has 2 nitrogen and oxygen atoms in total. The Hall–Kier alpha value is -0.643. The zero-order valence-electron chi connectivity index (χ0n) is 17.0. The van der Waals surface area contributed by atoms with Crippen molar-refractivity contribution in [3.8, 4) is 0 Å². The minimum Gasteiger partial charge on any atom is -0.410 e. The lowest BCUT2D eigenvalue weighted by molar-refractivity contribution is 0.0173. The summed E-state index contributed by atoms with van der Waals surface area (Å²) in [5, 5.41) is 0.247. The van der Waals surface area contributed by atoms with Gasteiger partial charge in [0.05, 0.1) is 11.7 Å². The summed E-state index contributed by atoms with van der Waals surface area (Å²) < 4.78 is 13.4. The van der Waals surface area contributed by atoms with Crippen LogP contribution in [-0.4, -0.2) is 27.1 Å².